The molecule has 0 amide bonds. The minimum atomic E-state index is -1.91. The van der Waals surface area contributed by atoms with E-state index in [0.717, 1.165) is 0 Å². The Morgan fingerprint density at radius 2 is 1.71 bits per heavy atom. The van der Waals surface area contributed by atoms with Crippen LogP contribution in [0.3, 0.4) is 0 Å². The summed E-state index contributed by atoms with van der Waals surface area (Å²) in [5, 5.41) is 23.0. The number of allylic oxidation sites excluding steroid dienone is 3. The fourth-order valence-electron chi connectivity index (χ4n) is 6.03. The lowest BCUT2D eigenvalue weighted by Crippen LogP contribution is -2.61. The minimum Gasteiger partial charge on any atom is -0.458 e. The first kappa shape index (κ1) is 35.3. The number of aliphatic hydroxyl groups is 2. The maximum Gasteiger partial charge on any atom is 0.314 e. The van der Waals surface area contributed by atoms with Crippen molar-refractivity contribution in [2.75, 3.05) is 21.3 Å². The summed E-state index contributed by atoms with van der Waals surface area (Å²) in [5.74, 6) is -3.81. The highest BCUT2D eigenvalue weighted by Gasteiger charge is 2.52. The van der Waals surface area contributed by atoms with Crippen molar-refractivity contribution in [2.24, 2.45) is 17.8 Å². The van der Waals surface area contributed by atoms with E-state index in [1.54, 1.807) is 45.4 Å². The summed E-state index contributed by atoms with van der Waals surface area (Å²) < 4.78 is 41.9. The highest BCUT2D eigenvalue weighted by atomic mass is 79.9. The number of carbonyl (C=O) groups excluding carboxylic acids is 1. The molecule has 0 spiro atoms. The molecule has 13 atom stereocenters. The second kappa shape index (κ2) is 16.2. The fourth-order valence-corrected chi connectivity index (χ4v) is 6.21. The number of halogens is 1. The first-order chi connectivity index (χ1) is 20.0. The van der Waals surface area contributed by atoms with E-state index in [1.807, 2.05) is 39.0 Å². The minimum absolute atomic E-state index is 0.0122. The molecule has 3 heterocycles. The highest BCUT2D eigenvalue weighted by molar-refractivity contribution is 9.11. The van der Waals surface area contributed by atoms with Gasteiger partial charge in [0.05, 0.1) is 24.4 Å². The van der Waals surface area contributed by atoms with Crippen molar-refractivity contribution >= 4 is 21.9 Å². The molecule has 2 N–H and O–H groups in total. The monoisotopic (exact) mass is 660 g/mol. The molecule has 0 radical (unpaired) electrons. The number of rotatable bonds is 7. The number of hydrogen-bond acceptors (Lipinski definition) is 10. The van der Waals surface area contributed by atoms with Gasteiger partial charge in [0.2, 0.25) is 0 Å². The van der Waals surface area contributed by atoms with Crippen molar-refractivity contribution in [3.05, 3.63) is 35.4 Å². The molecule has 3 aliphatic rings. The van der Waals surface area contributed by atoms with Gasteiger partial charge in [-0.2, -0.15) is 0 Å². The lowest BCUT2D eigenvalue weighted by molar-refractivity contribution is -0.348. The van der Waals surface area contributed by atoms with Crippen LogP contribution in [0.4, 0.5) is 0 Å². The number of ether oxygens (including phenoxy) is 7. The summed E-state index contributed by atoms with van der Waals surface area (Å²) in [6, 6.07) is 0. The lowest BCUT2D eigenvalue weighted by Gasteiger charge is -2.48. The lowest BCUT2D eigenvalue weighted by atomic mass is 9.83. The van der Waals surface area contributed by atoms with Crippen LogP contribution in [0.2, 0.25) is 0 Å². The molecule has 240 valence electrons. The van der Waals surface area contributed by atoms with Crippen LogP contribution < -0.4 is 0 Å². The number of esters is 1. The Bertz CT molecular complexity index is 943. The molecule has 0 aromatic rings. The van der Waals surface area contributed by atoms with Gasteiger partial charge in [-0.15, -0.1) is 0 Å². The van der Waals surface area contributed by atoms with Gasteiger partial charge < -0.3 is 43.4 Å². The van der Waals surface area contributed by atoms with Crippen molar-refractivity contribution in [3.63, 3.8) is 0 Å². The molecule has 2 bridgehead atoms. The van der Waals surface area contributed by atoms with Crippen LogP contribution in [-0.4, -0.2) is 98.4 Å². The third kappa shape index (κ3) is 8.73. The van der Waals surface area contributed by atoms with Crippen LogP contribution in [0, 0.1) is 17.8 Å². The summed E-state index contributed by atoms with van der Waals surface area (Å²) in [4.78, 5) is 15.2. The summed E-state index contributed by atoms with van der Waals surface area (Å²) in [7, 11) is 4.73. The van der Waals surface area contributed by atoms with Gasteiger partial charge in [0.25, 0.3) is 0 Å². The summed E-state index contributed by atoms with van der Waals surface area (Å²) in [6.45, 7) is 7.38. The average Bonchev–Trinajstić information content (AvgIpc) is 2.95. The third-order valence-corrected chi connectivity index (χ3v) is 8.99. The number of carbonyl (C=O) groups is 1. The Morgan fingerprint density at radius 1 is 1.02 bits per heavy atom. The average molecular weight is 662 g/mol. The van der Waals surface area contributed by atoms with Crippen molar-refractivity contribution in [3.8, 4) is 0 Å². The summed E-state index contributed by atoms with van der Waals surface area (Å²) in [6.07, 6.45) is 5.59. The SMILES string of the molecule is CO[C@@H]1[C@@H](OC)[C@H](C)O[C@@H](O[C@@H]2C[C@@H]3O[C@@](O)(C2)[C@@H](C)C(=O)O[C@@H](/C=C/C=C/Br)C[C@@H](C)/C=C\C[C@H](O)[C@@H]3C)[C@@H]1OC. The van der Waals surface area contributed by atoms with Crippen molar-refractivity contribution in [1.29, 1.82) is 0 Å². The predicted molar refractivity (Wildman–Crippen MR) is 160 cm³/mol. The Hall–Kier alpha value is -1.15. The van der Waals surface area contributed by atoms with Gasteiger partial charge in [0.15, 0.2) is 12.1 Å². The van der Waals surface area contributed by atoms with Crippen molar-refractivity contribution in [2.45, 2.75) is 114 Å². The molecule has 10 nitrogen and oxygen atoms in total. The first-order valence-electron chi connectivity index (χ1n) is 14.8. The van der Waals surface area contributed by atoms with Crippen LogP contribution in [0.25, 0.3) is 0 Å². The van der Waals surface area contributed by atoms with Gasteiger partial charge in [-0.3, -0.25) is 4.79 Å². The zero-order valence-electron chi connectivity index (χ0n) is 25.8. The molecule has 42 heavy (non-hydrogen) atoms. The van der Waals surface area contributed by atoms with E-state index in [0.29, 0.717) is 19.3 Å². The summed E-state index contributed by atoms with van der Waals surface area (Å²) >= 11 is 3.24. The second-order valence-electron chi connectivity index (χ2n) is 11.7. The maximum absolute atomic E-state index is 13.5. The molecule has 2 fully saturated rings. The van der Waals surface area contributed by atoms with Gasteiger partial charge in [-0.25, -0.2) is 0 Å². The zero-order chi connectivity index (χ0) is 31.0. The number of fused-ring (bicyclic) bond motifs is 2. The van der Waals surface area contributed by atoms with Gasteiger partial charge >= 0.3 is 5.97 Å². The molecule has 0 aliphatic carbocycles. The van der Waals surface area contributed by atoms with Gasteiger partial charge in [0.1, 0.15) is 30.3 Å². The highest BCUT2D eigenvalue weighted by Crippen LogP contribution is 2.40. The van der Waals surface area contributed by atoms with Gasteiger partial charge in [0, 0.05) is 40.1 Å². The third-order valence-electron chi connectivity index (χ3n) is 8.69. The van der Waals surface area contributed by atoms with E-state index in [2.05, 4.69) is 15.9 Å². The Kier molecular flexibility index (Phi) is 13.7. The van der Waals surface area contributed by atoms with Crippen molar-refractivity contribution < 1.29 is 48.2 Å². The van der Waals surface area contributed by atoms with Crippen LogP contribution in [0.15, 0.2) is 35.4 Å². The molecule has 0 unspecified atom stereocenters. The fraction of sp³-hybridized carbons (Fsp3) is 0.774. The quantitative estimate of drug-likeness (QED) is 0.235. The number of methoxy groups -OCH3 is 3. The molecular formula is C31H49BrO10. The second-order valence-corrected chi connectivity index (χ2v) is 12.2. The molecule has 0 saturated carbocycles. The van der Waals surface area contributed by atoms with Crippen LogP contribution in [0.5, 0.6) is 0 Å². The summed E-state index contributed by atoms with van der Waals surface area (Å²) in [5.41, 5.74) is 0. The van der Waals surface area contributed by atoms with E-state index >= 15 is 0 Å². The van der Waals surface area contributed by atoms with E-state index in [-0.39, 0.29) is 30.5 Å². The van der Waals surface area contributed by atoms with Crippen molar-refractivity contribution in [1.82, 2.24) is 0 Å². The standard InChI is InChI=1S/C31H49BrO10/c1-18-11-10-13-24(33)19(2)25-16-23(41-30-28(38-7)27(37-6)26(36-5)21(4)39-30)17-31(35,42-25)20(3)29(34)40-22(15-18)12-8-9-14-32/h8-12,14,18-28,30,33,35H,13,15-17H2,1-7H3/b11-10-,12-8+,14-9+/t18-,19-,20-,21-,22-,23+,24-,25-,26-,27+,28+,30-,31-/m0/s1. The number of hydrogen-bond donors (Lipinski definition) is 2. The molecule has 3 aliphatic heterocycles. The molecule has 3 rings (SSSR count). The van der Waals surface area contributed by atoms with Gasteiger partial charge in [-0.1, -0.05) is 54.1 Å². The largest absolute Gasteiger partial charge is 0.458 e. The Labute approximate surface area is 258 Å². The smallest absolute Gasteiger partial charge is 0.314 e. The molecule has 0 aromatic carbocycles. The predicted octanol–water partition coefficient (Wildman–Crippen LogP) is 4.02. The molecule has 2 saturated heterocycles. The van der Waals surface area contributed by atoms with E-state index in [4.69, 9.17) is 33.2 Å². The Balaban J connectivity index is 1.92. The Morgan fingerprint density at radius 3 is 2.36 bits per heavy atom. The molecule has 11 heteroatoms. The first-order valence-corrected chi connectivity index (χ1v) is 15.7. The van der Waals surface area contributed by atoms with E-state index in [9.17, 15) is 15.0 Å². The van der Waals surface area contributed by atoms with Crippen LogP contribution >= 0.6 is 15.9 Å². The van der Waals surface area contributed by atoms with Gasteiger partial charge in [-0.05, 0) is 43.7 Å². The number of aliphatic hydroxyl groups excluding tert-OH is 1. The molecular weight excluding hydrogens is 612 g/mol. The normalized spacial score (nSPS) is 45.0. The zero-order valence-corrected chi connectivity index (χ0v) is 27.3. The topological polar surface area (TPSA) is 122 Å². The number of cyclic esters (lactones) is 1. The van der Waals surface area contributed by atoms with E-state index < -0.39 is 60.6 Å². The molecule has 0 aromatic heterocycles. The van der Waals surface area contributed by atoms with E-state index in [1.165, 1.54) is 0 Å². The maximum atomic E-state index is 13.5. The van der Waals surface area contributed by atoms with Crippen LogP contribution in [0.1, 0.15) is 53.4 Å². The van der Waals surface area contributed by atoms with Crippen LogP contribution in [-0.2, 0) is 38.0 Å².